The highest BCUT2D eigenvalue weighted by atomic mass is 15.2. The van der Waals surface area contributed by atoms with Crippen molar-refractivity contribution in [3.05, 3.63) is 0 Å². The molecule has 0 bridgehead atoms. The standard InChI is InChI=1S/C12H30N4/c1-11(2)15-7-6-14-8-10-16(9-5-13)12(3)4/h11-12,14-15H,5-10,13H2,1-4H3. The average molecular weight is 230 g/mol. The number of hydrogen-bond acceptors (Lipinski definition) is 4. The average Bonchev–Trinajstić information content (AvgIpc) is 2.20. The van der Waals surface area contributed by atoms with Crippen LogP contribution in [-0.2, 0) is 0 Å². The summed E-state index contributed by atoms with van der Waals surface area (Å²) in [5.41, 5.74) is 5.58. The van der Waals surface area contributed by atoms with Crippen LogP contribution in [-0.4, -0.2) is 56.3 Å². The minimum Gasteiger partial charge on any atom is -0.329 e. The van der Waals surface area contributed by atoms with E-state index in [4.69, 9.17) is 5.73 Å². The van der Waals surface area contributed by atoms with E-state index in [-0.39, 0.29) is 0 Å². The largest absolute Gasteiger partial charge is 0.329 e. The highest BCUT2D eigenvalue weighted by molar-refractivity contribution is 4.65. The molecular weight excluding hydrogens is 200 g/mol. The Morgan fingerprint density at radius 1 is 1.00 bits per heavy atom. The molecule has 0 heterocycles. The van der Waals surface area contributed by atoms with Gasteiger partial charge in [0, 0.05) is 51.4 Å². The van der Waals surface area contributed by atoms with Gasteiger partial charge in [-0.1, -0.05) is 13.8 Å². The van der Waals surface area contributed by atoms with Gasteiger partial charge in [-0.25, -0.2) is 0 Å². The van der Waals surface area contributed by atoms with Gasteiger partial charge in [0.15, 0.2) is 0 Å². The van der Waals surface area contributed by atoms with Crippen molar-refractivity contribution in [2.75, 3.05) is 39.3 Å². The van der Waals surface area contributed by atoms with Gasteiger partial charge in [0.2, 0.25) is 0 Å². The van der Waals surface area contributed by atoms with E-state index in [0.717, 1.165) is 39.3 Å². The van der Waals surface area contributed by atoms with Gasteiger partial charge in [-0.05, 0) is 13.8 Å². The van der Waals surface area contributed by atoms with E-state index in [2.05, 4.69) is 43.2 Å². The molecule has 0 aliphatic heterocycles. The summed E-state index contributed by atoms with van der Waals surface area (Å²) in [7, 11) is 0. The first-order valence-electron chi connectivity index (χ1n) is 6.46. The van der Waals surface area contributed by atoms with Gasteiger partial charge < -0.3 is 16.4 Å². The molecule has 0 rings (SSSR count). The SMILES string of the molecule is CC(C)NCCNCCN(CCN)C(C)C. The summed E-state index contributed by atoms with van der Waals surface area (Å²) in [6.45, 7) is 14.7. The highest BCUT2D eigenvalue weighted by Gasteiger charge is 2.06. The lowest BCUT2D eigenvalue weighted by molar-refractivity contribution is 0.228. The fourth-order valence-electron chi connectivity index (χ4n) is 1.59. The molecule has 16 heavy (non-hydrogen) atoms. The zero-order valence-electron chi connectivity index (χ0n) is 11.4. The number of nitrogens with two attached hydrogens (primary N) is 1. The summed E-state index contributed by atoms with van der Waals surface area (Å²) < 4.78 is 0. The lowest BCUT2D eigenvalue weighted by Gasteiger charge is -2.25. The Kier molecular flexibility index (Phi) is 9.92. The molecule has 0 fully saturated rings. The third-order valence-electron chi connectivity index (χ3n) is 2.58. The van der Waals surface area contributed by atoms with Gasteiger partial charge in [-0.15, -0.1) is 0 Å². The lowest BCUT2D eigenvalue weighted by atomic mass is 10.3. The zero-order chi connectivity index (χ0) is 12.4. The van der Waals surface area contributed by atoms with Crippen molar-refractivity contribution >= 4 is 0 Å². The fourth-order valence-corrected chi connectivity index (χ4v) is 1.59. The molecule has 0 unspecified atom stereocenters. The maximum Gasteiger partial charge on any atom is 0.0110 e. The van der Waals surface area contributed by atoms with E-state index in [1.54, 1.807) is 0 Å². The highest BCUT2D eigenvalue weighted by Crippen LogP contribution is 1.94. The van der Waals surface area contributed by atoms with Crippen molar-refractivity contribution < 1.29 is 0 Å². The molecule has 0 radical (unpaired) electrons. The van der Waals surface area contributed by atoms with E-state index in [1.165, 1.54) is 0 Å². The molecule has 0 spiro atoms. The third-order valence-corrected chi connectivity index (χ3v) is 2.58. The topological polar surface area (TPSA) is 53.3 Å². The van der Waals surface area contributed by atoms with Crippen molar-refractivity contribution in [2.24, 2.45) is 5.73 Å². The number of hydrogen-bond donors (Lipinski definition) is 3. The van der Waals surface area contributed by atoms with Gasteiger partial charge in [0.05, 0.1) is 0 Å². The molecule has 4 heteroatoms. The molecule has 0 aromatic heterocycles. The summed E-state index contributed by atoms with van der Waals surface area (Å²) in [5.74, 6) is 0. The first kappa shape index (κ1) is 15.8. The lowest BCUT2D eigenvalue weighted by Crippen LogP contribution is -2.41. The Morgan fingerprint density at radius 3 is 2.19 bits per heavy atom. The summed E-state index contributed by atoms with van der Waals surface area (Å²) in [6.07, 6.45) is 0. The smallest absolute Gasteiger partial charge is 0.0110 e. The minimum absolute atomic E-state index is 0.575. The van der Waals surface area contributed by atoms with E-state index < -0.39 is 0 Å². The van der Waals surface area contributed by atoms with Crippen LogP contribution in [0.1, 0.15) is 27.7 Å². The Morgan fingerprint density at radius 2 is 1.69 bits per heavy atom. The quantitative estimate of drug-likeness (QED) is 0.471. The van der Waals surface area contributed by atoms with Crippen LogP contribution in [0.15, 0.2) is 0 Å². The monoisotopic (exact) mass is 230 g/mol. The van der Waals surface area contributed by atoms with E-state index in [9.17, 15) is 0 Å². The zero-order valence-corrected chi connectivity index (χ0v) is 11.4. The van der Waals surface area contributed by atoms with Crippen molar-refractivity contribution in [1.29, 1.82) is 0 Å². The van der Waals surface area contributed by atoms with E-state index in [0.29, 0.717) is 12.1 Å². The first-order valence-corrected chi connectivity index (χ1v) is 6.46. The van der Waals surface area contributed by atoms with Crippen molar-refractivity contribution in [2.45, 2.75) is 39.8 Å². The van der Waals surface area contributed by atoms with Crippen LogP contribution in [0.4, 0.5) is 0 Å². The molecule has 98 valence electrons. The molecule has 4 N–H and O–H groups in total. The first-order chi connectivity index (χ1) is 7.57. The van der Waals surface area contributed by atoms with Crippen molar-refractivity contribution in [3.8, 4) is 0 Å². The Bertz CT molecular complexity index is 148. The van der Waals surface area contributed by atoms with Gasteiger partial charge in [0.1, 0.15) is 0 Å². The van der Waals surface area contributed by atoms with Gasteiger partial charge in [0.25, 0.3) is 0 Å². The number of nitrogens with zero attached hydrogens (tertiary/aromatic N) is 1. The van der Waals surface area contributed by atoms with Gasteiger partial charge >= 0.3 is 0 Å². The molecule has 0 aliphatic carbocycles. The Balaban J connectivity index is 3.40. The molecular formula is C12H30N4. The molecule has 0 saturated carbocycles. The fraction of sp³-hybridized carbons (Fsp3) is 1.00. The second-order valence-electron chi connectivity index (χ2n) is 4.78. The summed E-state index contributed by atoms with van der Waals surface area (Å²) in [5, 5.41) is 6.82. The molecule has 0 aliphatic rings. The van der Waals surface area contributed by atoms with E-state index >= 15 is 0 Å². The Hall–Kier alpha value is -0.160. The van der Waals surface area contributed by atoms with Crippen LogP contribution in [0.5, 0.6) is 0 Å². The van der Waals surface area contributed by atoms with Gasteiger partial charge in [-0.2, -0.15) is 0 Å². The molecule has 0 aromatic carbocycles. The van der Waals surface area contributed by atoms with Crippen LogP contribution in [0.2, 0.25) is 0 Å². The van der Waals surface area contributed by atoms with Crippen LogP contribution < -0.4 is 16.4 Å². The summed E-state index contributed by atoms with van der Waals surface area (Å²) in [6, 6.07) is 1.16. The number of nitrogens with one attached hydrogen (secondary N) is 2. The second-order valence-corrected chi connectivity index (χ2v) is 4.78. The summed E-state index contributed by atoms with van der Waals surface area (Å²) >= 11 is 0. The number of rotatable bonds is 10. The molecule has 0 amide bonds. The van der Waals surface area contributed by atoms with Crippen molar-refractivity contribution in [3.63, 3.8) is 0 Å². The van der Waals surface area contributed by atoms with Crippen molar-refractivity contribution in [1.82, 2.24) is 15.5 Å². The molecule has 0 aromatic rings. The maximum absolute atomic E-state index is 5.58. The summed E-state index contributed by atoms with van der Waals surface area (Å²) in [4.78, 5) is 2.41. The predicted molar refractivity (Wildman–Crippen MR) is 71.8 cm³/mol. The molecule has 4 nitrogen and oxygen atoms in total. The molecule has 0 saturated heterocycles. The predicted octanol–water partition coefficient (Wildman–Crippen LogP) is 0.243. The third kappa shape index (κ3) is 9.09. The Labute approximate surface area is 101 Å². The maximum atomic E-state index is 5.58. The molecule has 0 atom stereocenters. The minimum atomic E-state index is 0.575. The second kappa shape index (κ2) is 10.0. The van der Waals surface area contributed by atoms with Gasteiger partial charge in [-0.3, -0.25) is 4.90 Å². The van der Waals surface area contributed by atoms with Crippen LogP contribution in [0.25, 0.3) is 0 Å². The normalized spacial score (nSPS) is 12.0. The van der Waals surface area contributed by atoms with Crippen LogP contribution >= 0.6 is 0 Å². The van der Waals surface area contributed by atoms with E-state index in [1.807, 2.05) is 0 Å². The van der Waals surface area contributed by atoms with Crippen LogP contribution in [0.3, 0.4) is 0 Å². The van der Waals surface area contributed by atoms with Crippen LogP contribution in [0, 0.1) is 0 Å².